The number of benzene rings is 1. The van der Waals surface area contributed by atoms with Crippen LogP contribution in [-0.2, 0) is 10.0 Å². The molecule has 3 rings (SSSR count). The van der Waals surface area contributed by atoms with Crippen LogP contribution in [-0.4, -0.2) is 33.5 Å². The van der Waals surface area contributed by atoms with Gasteiger partial charge in [0.1, 0.15) is 0 Å². The highest BCUT2D eigenvalue weighted by atomic mass is 32.2. The fraction of sp³-hybridized carbons (Fsp3) is 0.571. The predicted octanol–water partition coefficient (Wildman–Crippen LogP) is 1.25. The van der Waals surface area contributed by atoms with Crippen LogP contribution in [0.4, 0.5) is 0 Å². The van der Waals surface area contributed by atoms with Gasteiger partial charge in [0.15, 0.2) is 11.5 Å². The monoisotopic (exact) mass is 313 g/mol. The highest BCUT2D eigenvalue weighted by Crippen LogP contribution is 2.38. The van der Waals surface area contributed by atoms with Gasteiger partial charge in [0.05, 0.1) is 4.90 Å². The SMILES string of the molecule is O=S(=O)(NCC1(CO)CCCC1)c1ccc2c(c1)OCO2. The van der Waals surface area contributed by atoms with Crippen LogP contribution in [0.3, 0.4) is 0 Å². The molecule has 0 radical (unpaired) electrons. The van der Waals surface area contributed by atoms with Crippen LogP contribution in [0.5, 0.6) is 11.5 Å². The van der Waals surface area contributed by atoms with E-state index in [2.05, 4.69) is 4.72 Å². The molecule has 0 aromatic heterocycles. The van der Waals surface area contributed by atoms with Crippen molar-refractivity contribution < 1.29 is 23.0 Å². The summed E-state index contributed by atoms with van der Waals surface area (Å²) in [5, 5.41) is 9.54. The molecule has 0 amide bonds. The van der Waals surface area contributed by atoms with E-state index in [1.807, 2.05) is 0 Å². The van der Waals surface area contributed by atoms with Gasteiger partial charge >= 0.3 is 0 Å². The molecule has 21 heavy (non-hydrogen) atoms. The third-order valence-corrected chi connectivity index (χ3v) is 5.69. The molecule has 0 bridgehead atoms. The Kier molecular flexibility index (Phi) is 3.81. The second-order valence-corrected chi connectivity index (χ2v) is 7.47. The largest absolute Gasteiger partial charge is 0.454 e. The van der Waals surface area contributed by atoms with E-state index in [0.29, 0.717) is 11.5 Å². The van der Waals surface area contributed by atoms with E-state index >= 15 is 0 Å². The van der Waals surface area contributed by atoms with E-state index in [0.717, 1.165) is 25.7 Å². The second-order valence-electron chi connectivity index (χ2n) is 5.70. The summed E-state index contributed by atoms with van der Waals surface area (Å²) in [5.74, 6) is 0.993. The van der Waals surface area contributed by atoms with Gasteiger partial charge in [0.2, 0.25) is 16.8 Å². The lowest BCUT2D eigenvalue weighted by atomic mass is 9.88. The molecule has 6 nitrogen and oxygen atoms in total. The summed E-state index contributed by atoms with van der Waals surface area (Å²) in [6, 6.07) is 4.55. The predicted molar refractivity (Wildman–Crippen MR) is 75.7 cm³/mol. The fourth-order valence-corrected chi connectivity index (χ4v) is 4.06. The smallest absolute Gasteiger partial charge is 0.240 e. The Morgan fingerprint density at radius 1 is 1.19 bits per heavy atom. The maximum Gasteiger partial charge on any atom is 0.240 e. The van der Waals surface area contributed by atoms with Crippen LogP contribution in [0, 0.1) is 5.41 Å². The summed E-state index contributed by atoms with van der Waals surface area (Å²) in [6.45, 7) is 0.386. The van der Waals surface area contributed by atoms with E-state index in [9.17, 15) is 13.5 Å². The first kappa shape index (κ1) is 14.6. The molecule has 1 heterocycles. The van der Waals surface area contributed by atoms with Crippen molar-refractivity contribution in [2.24, 2.45) is 5.41 Å². The van der Waals surface area contributed by atoms with Gasteiger partial charge in [-0.25, -0.2) is 13.1 Å². The molecule has 0 atom stereocenters. The van der Waals surface area contributed by atoms with E-state index < -0.39 is 10.0 Å². The standard InChI is InChI=1S/C14H19NO5S/c16-9-14(5-1-2-6-14)8-15-21(17,18)11-3-4-12-13(7-11)20-10-19-12/h3-4,7,15-16H,1-2,5-6,8-10H2. The van der Waals surface area contributed by atoms with Crippen LogP contribution >= 0.6 is 0 Å². The maximum absolute atomic E-state index is 12.4. The first-order valence-electron chi connectivity index (χ1n) is 7.05. The fourth-order valence-electron chi connectivity index (χ4n) is 2.89. The average molecular weight is 313 g/mol. The molecule has 2 N–H and O–H groups in total. The molecule has 0 saturated heterocycles. The van der Waals surface area contributed by atoms with Gasteiger partial charge in [0, 0.05) is 24.6 Å². The van der Waals surface area contributed by atoms with E-state index in [1.165, 1.54) is 12.1 Å². The number of aliphatic hydroxyl groups is 1. The second kappa shape index (κ2) is 5.47. The van der Waals surface area contributed by atoms with Crippen molar-refractivity contribution in [3.63, 3.8) is 0 Å². The molecular weight excluding hydrogens is 294 g/mol. The summed E-state index contributed by atoms with van der Waals surface area (Å²) < 4.78 is 37.7. The van der Waals surface area contributed by atoms with Gasteiger partial charge in [-0.15, -0.1) is 0 Å². The minimum absolute atomic E-state index is 0.0106. The molecule has 0 unspecified atom stereocenters. The Labute approximate surface area is 124 Å². The van der Waals surface area contributed by atoms with Gasteiger partial charge in [-0.2, -0.15) is 0 Å². The number of rotatable bonds is 5. The molecule has 1 saturated carbocycles. The van der Waals surface area contributed by atoms with E-state index in [-0.39, 0.29) is 30.3 Å². The van der Waals surface area contributed by atoms with Gasteiger partial charge in [-0.1, -0.05) is 12.8 Å². The summed E-state index contributed by atoms with van der Waals surface area (Å²) in [7, 11) is -3.61. The van der Waals surface area contributed by atoms with E-state index in [4.69, 9.17) is 9.47 Å². The minimum atomic E-state index is -3.61. The van der Waals surface area contributed by atoms with Gasteiger partial charge < -0.3 is 14.6 Å². The average Bonchev–Trinajstić information content (AvgIpc) is 3.14. The Balaban J connectivity index is 1.75. The summed E-state index contributed by atoms with van der Waals surface area (Å²) in [6.07, 6.45) is 3.78. The molecule has 1 aliphatic heterocycles. The van der Waals surface area contributed by atoms with Crippen molar-refractivity contribution in [3.05, 3.63) is 18.2 Å². The normalized spacial score (nSPS) is 19.9. The number of fused-ring (bicyclic) bond motifs is 1. The highest BCUT2D eigenvalue weighted by Gasteiger charge is 2.34. The van der Waals surface area contributed by atoms with E-state index in [1.54, 1.807) is 6.07 Å². The molecule has 1 fully saturated rings. The first-order valence-corrected chi connectivity index (χ1v) is 8.53. The molecule has 7 heteroatoms. The Hall–Kier alpha value is -1.31. The summed E-state index contributed by atoms with van der Waals surface area (Å²) >= 11 is 0. The maximum atomic E-state index is 12.4. The zero-order chi connectivity index (χ0) is 14.9. The van der Waals surface area contributed by atoms with Crippen molar-refractivity contribution >= 4 is 10.0 Å². The van der Waals surface area contributed by atoms with Crippen molar-refractivity contribution in [2.45, 2.75) is 30.6 Å². The van der Waals surface area contributed by atoms with Crippen molar-refractivity contribution in [1.29, 1.82) is 0 Å². The summed E-state index contributed by atoms with van der Waals surface area (Å²) in [5.41, 5.74) is -0.316. The van der Waals surface area contributed by atoms with Crippen molar-refractivity contribution in [2.75, 3.05) is 19.9 Å². The van der Waals surface area contributed by atoms with Crippen LogP contribution in [0.2, 0.25) is 0 Å². The Bertz CT molecular complexity index is 622. The highest BCUT2D eigenvalue weighted by molar-refractivity contribution is 7.89. The molecular formula is C14H19NO5S. The number of ether oxygens (including phenoxy) is 2. The molecule has 1 aliphatic carbocycles. The summed E-state index contributed by atoms with van der Waals surface area (Å²) in [4.78, 5) is 0.151. The van der Waals surface area contributed by atoms with Crippen molar-refractivity contribution in [3.8, 4) is 11.5 Å². The Morgan fingerprint density at radius 3 is 2.62 bits per heavy atom. The molecule has 2 aliphatic rings. The first-order chi connectivity index (χ1) is 10.0. The van der Waals surface area contributed by atoms with Crippen LogP contribution < -0.4 is 14.2 Å². The molecule has 1 aromatic carbocycles. The number of sulfonamides is 1. The van der Waals surface area contributed by atoms with Crippen molar-refractivity contribution in [1.82, 2.24) is 4.72 Å². The Morgan fingerprint density at radius 2 is 1.90 bits per heavy atom. The number of hydrogen-bond acceptors (Lipinski definition) is 5. The van der Waals surface area contributed by atoms with Crippen LogP contribution in [0.25, 0.3) is 0 Å². The molecule has 1 aromatic rings. The van der Waals surface area contributed by atoms with Gasteiger partial charge in [0.25, 0.3) is 0 Å². The number of nitrogens with one attached hydrogen (secondary N) is 1. The zero-order valence-corrected chi connectivity index (χ0v) is 12.5. The number of aliphatic hydroxyl groups excluding tert-OH is 1. The quantitative estimate of drug-likeness (QED) is 0.854. The minimum Gasteiger partial charge on any atom is -0.454 e. The third-order valence-electron chi connectivity index (χ3n) is 4.29. The zero-order valence-electron chi connectivity index (χ0n) is 11.7. The topological polar surface area (TPSA) is 84.9 Å². The van der Waals surface area contributed by atoms with Gasteiger partial charge in [-0.3, -0.25) is 0 Å². The molecule has 0 spiro atoms. The lowest BCUT2D eigenvalue weighted by molar-refractivity contribution is 0.134. The van der Waals surface area contributed by atoms with Crippen LogP contribution in [0.1, 0.15) is 25.7 Å². The lowest BCUT2D eigenvalue weighted by Gasteiger charge is -2.26. The number of hydrogen-bond donors (Lipinski definition) is 2. The van der Waals surface area contributed by atoms with Gasteiger partial charge in [-0.05, 0) is 25.0 Å². The lowest BCUT2D eigenvalue weighted by Crippen LogP contribution is -2.38. The van der Waals surface area contributed by atoms with Crippen LogP contribution in [0.15, 0.2) is 23.1 Å². The molecule has 116 valence electrons. The third kappa shape index (κ3) is 2.86.